The number of rotatable bonds is 5. The third-order valence-corrected chi connectivity index (χ3v) is 2.82. The Bertz CT molecular complexity index is 506. The minimum atomic E-state index is -0.317. The summed E-state index contributed by atoms with van der Waals surface area (Å²) in [5.74, 6) is 0.615. The molecule has 1 atom stereocenters. The molecule has 2 aromatic heterocycles. The molecule has 6 heteroatoms. The minimum absolute atomic E-state index is 0.246. The van der Waals surface area contributed by atoms with Crippen molar-refractivity contribution in [2.75, 3.05) is 13.7 Å². The average molecular weight is 314 g/mol. The summed E-state index contributed by atoms with van der Waals surface area (Å²) in [5.41, 5.74) is 0. The molecule has 0 fully saturated rings. The van der Waals surface area contributed by atoms with Gasteiger partial charge in [0.05, 0.1) is 12.8 Å². The van der Waals surface area contributed by atoms with Gasteiger partial charge in [0.2, 0.25) is 0 Å². The summed E-state index contributed by atoms with van der Waals surface area (Å²) in [7, 11) is 1.56. The summed E-state index contributed by atoms with van der Waals surface area (Å²) in [6.07, 6.45) is 1.25. The van der Waals surface area contributed by atoms with E-state index in [1.807, 2.05) is 0 Å². The van der Waals surface area contributed by atoms with Crippen LogP contribution in [0.25, 0.3) is 0 Å². The molecule has 1 N–H and O–H groups in total. The molecule has 0 saturated heterocycles. The molecule has 0 spiro atoms. The SMILES string of the molecule is CO[C@@H](CNC(=O)c1ccc(Br)o1)c1ccco1. The Balaban J connectivity index is 1.92. The molecule has 18 heavy (non-hydrogen) atoms. The standard InChI is InChI=1S/C12H12BrNO4/c1-16-10(8-3-2-6-17-8)7-14-12(15)9-4-5-11(13)18-9/h2-6,10H,7H2,1H3,(H,14,15)/t10-/m0/s1. The number of halogens is 1. The predicted octanol–water partition coefficient (Wildman–Crippen LogP) is 2.75. The van der Waals surface area contributed by atoms with Gasteiger partial charge in [-0.15, -0.1) is 0 Å². The normalized spacial score (nSPS) is 12.3. The van der Waals surface area contributed by atoms with E-state index in [1.165, 1.54) is 0 Å². The Morgan fingerprint density at radius 1 is 1.50 bits per heavy atom. The summed E-state index contributed by atoms with van der Waals surface area (Å²) in [6, 6.07) is 6.82. The number of hydrogen-bond donors (Lipinski definition) is 1. The fraction of sp³-hybridized carbons (Fsp3) is 0.250. The van der Waals surface area contributed by atoms with Crippen molar-refractivity contribution in [2.45, 2.75) is 6.10 Å². The lowest BCUT2D eigenvalue weighted by Gasteiger charge is -2.12. The van der Waals surface area contributed by atoms with Crippen LogP contribution in [0.4, 0.5) is 0 Å². The lowest BCUT2D eigenvalue weighted by molar-refractivity contribution is 0.0724. The topological polar surface area (TPSA) is 64.6 Å². The second-order valence-electron chi connectivity index (χ2n) is 3.55. The molecule has 5 nitrogen and oxygen atoms in total. The molecular weight excluding hydrogens is 302 g/mol. The van der Waals surface area contributed by atoms with Crippen molar-refractivity contribution in [3.05, 3.63) is 46.7 Å². The first-order chi connectivity index (χ1) is 8.70. The maximum atomic E-state index is 11.7. The molecular formula is C12H12BrNO4. The van der Waals surface area contributed by atoms with Crippen LogP contribution in [-0.2, 0) is 4.74 Å². The largest absolute Gasteiger partial charge is 0.467 e. The van der Waals surface area contributed by atoms with E-state index >= 15 is 0 Å². The van der Waals surface area contributed by atoms with Crippen LogP contribution >= 0.6 is 15.9 Å². The lowest BCUT2D eigenvalue weighted by atomic mass is 10.2. The molecule has 2 aromatic rings. The van der Waals surface area contributed by atoms with Gasteiger partial charge in [-0.3, -0.25) is 4.79 Å². The Morgan fingerprint density at radius 2 is 2.33 bits per heavy atom. The van der Waals surface area contributed by atoms with Crippen molar-refractivity contribution in [3.8, 4) is 0 Å². The van der Waals surface area contributed by atoms with Gasteiger partial charge in [0.15, 0.2) is 10.4 Å². The van der Waals surface area contributed by atoms with Crippen molar-refractivity contribution in [1.82, 2.24) is 5.32 Å². The monoisotopic (exact) mass is 313 g/mol. The van der Waals surface area contributed by atoms with Crippen LogP contribution in [0.15, 0.2) is 44.0 Å². The number of nitrogens with one attached hydrogen (secondary N) is 1. The van der Waals surface area contributed by atoms with E-state index in [0.29, 0.717) is 17.0 Å². The van der Waals surface area contributed by atoms with Gasteiger partial charge in [-0.1, -0.05) is 0 Å². The van der Waals surface area contributed by atoms with Crippen molar-refractivity contribution in [3.63, 3.8) is 0 Å². The van der Waals surface area contributed by atoms with E-state index in [9.17, 15) is 4.79 Å². The summed E-state index contributed by atoms with van der Waals surface area (Å²) in [4.78, 5) is 11.7. The molecule has 2 heterocycles. The quantitative estimate of drug-likeness (QED) is 0.921. The van der Waals surface area contributed by atoms with Gasteiger partial charge < -0.3 is 18.9 Å². The number of carbonyl (C=O) groups is 1. The zero-order chi connectivity index (χ0) is 13.0. The van der Waals surface area contributed by atoms with E-state index in [2.05, 4.69) is 21.2 Å². The summed E-state index contributed by atoms with van der Waals surface area (Å²) >= 11 is 3.14. The number of furan rings is 2. The van der Waals surface area contributed by atoms with Crippen molar-refractivity contribution >= 4 is 21.8 Å². The Hall–Kier alpha value is -1.53. The second kappa shape index (κ2) is 5.88. The fourth-order valence-electron chi connectivity index (χ4n) is 1.48. The van der Waals surface area contributed by atoms with Crippen molar-refractivity contribution < 1.29 is 18.4 Å². The van der Waals surface area contributed by atoms with E-state index in [-0.39, 0.29) is 17.8 Å². The van der Waals surface area contributed by atoms with Gasteiger partial charge in [0.25, 0.3) is 5.91 Å². The van der Waals surface area contributed by atoms with Crippen LogP contribution in [0.1, 0.15) is 22.4 Å². The molecule has 0 aliphatic rings. The van der Waals surface area contributed by atoms with Crippen LogP contribution in [-0.4, -0.2) is 19.6 Å². The third kappa shape index (κ3) is 3.02. The molecule has 2 rings (SSSR count). The van der Waals surface area contributed by atoms with Gasteiger partial charge >= 0.3 is 0 Å². The summed E-state index contributed by atoms with van der Waals surface area (Å²) < 4.78 is 16.1. The lowest BCUT2D eigenvalue weighted by Crippen LogP contribution is -2.28. The third-order valence-electron chi connectivity index (χ3n) is 2.39. The van der Waals surface area contributed by atoms with Crippen LogP contribution in [0.5, 0.6) is 0 Å². The maximum absolute atomic E-state index is 11.7. The molecule has 0 saturated carbocycles. The fourth-order valence-corrected chi connectivity index (χ4v) is 1.79. The van der Waals surface area contributed by atoms with Gasteiger partial charge in [-0.2, -0.15) is 0 Å². The zero-order valence-electron chi connectivity index (χ0n) is 9.68. The van der Waals surface area contributed by atoms with Gasteiger partial charge in [0, 0.05) is 7.11 Å². The van der Waals surface area contributed by atoms with E-state index in [0.717, 1.165) is 0 Å². The van der Waals surface area contributed by atoms with Crippen molar-refractivity contribution in [2.24, 2.45) is 0 Å². The molecule has 0 aromatic carbocycles. The van der Waals surface area contributed by atoms with Crippen LogP contribution in [0.3, 0.4) is 0 Å². The van der Waals surface area contributed by atoms with E-state index < -0.39 is 0 Å². The summed E-state index contributed by atoms with van der Waals surface area (Å²) in [6.45, 7) is 0.307. The van der Waals surface area contributed by atoms with Crippen LogP contribution < -0.4 is 5.32 Å². The highest BCUT2D eigenvalue weighted by Gasteiger charge is 2.16. The molecule has 96 valence electrons. The highest BCUT2D eigenvalue weighted by Crippen LogP contribution is 2.17. The number of amides is 1. The second-order valence-corrected chi connectivity index (χ2v) is 4.34. The van der Waals surface area contributed by atoms with Crippen LogP contribution in [0.2, 0.25) is 0 Å². The predicted molar refractivity (Wildman–Crippen MR) is 67.2 cm³/mol. The Morgan fingerprint density at radius 3 is 2.89 bits per heavy atom. The molecule has 0 radical (unpaired) electrons. The highest BCUT2D eigenvalue weighted by molar-refractivity contribution is 9.10. The van der Waals surface area contributed by atoms with E-state index in [1.54, 1.807) is 37.6 Å². The first kappa shape index (κ1) is 12.9. The Kier molecular flexibility index (Phi) is 4.22. The number of hydrogen-bond acceptors (Lipinski definition) is 4. The van der Waals surface area contributed by atoms with Crippen molar-refractivity contribution in [1.29, 1.82) is 0 Å². The summed E-state index contributed by atoms with van der Waals surface area (Å²) in [5, 5.41) is 2.71. The Labute approximate surface area is 112 Å². The van der Waals surface area contributed by atoms with Gasteiger partial charge in [-0.05, 0) is 40.2 Å². The highest BCUT2D eigenvalue weighted by atomic mass is 79.9. The molecule has 0 unspecified atom stereocenters. The van der Waals surface area contributed by atoms with E-state index in [4.69, 9.17) is 13.6 Å². The van der Waals surface area contributed by atoms with Gasteiger partial charge in [0.1, 0.15) is 11.9 Å². The first-order valence-electron chi connectivity index (χ1n) is 5.30. The number of methoxy groups -OCH3 is 1. The number of ether oxygens (including phenoxy) is 1. The zero-order valence-corrected chi connectivity index (χ0v) is 11.3. The maximum Gasteiger partial charge on any atom is 0.287 e. The minimum Gasteiger partial charge on any atom is -0.467 e. The molecule has 0 aliphatic carbocycles. The first-order valence-corrected chi connectivity index (χ1v) is 6.09. The molecule has 0 bridgehead atoms. The van der Waals surface area contributed by atoms with Crippen LogP contribution in [0, 0.1) is 0 Å². The average Bonchev–Trinajstić information content (AvgIpc) is 3.01. The smallest absolute Gasteiger partial charge is 0.287 e. The molecule has 1 amide bonds. The van der Waals surface area contributed by atoms with Gasteiger partial charge in [-0.25, -0.2) is 0 Å². The number of carbonyl (C=O) groups excluding carboxylic acids is 1. The molecule has 0 aliphatic heterocycles.